The van der Waals surface area contributed by atoms with E-state index in [2.05, 4.69) is 0 Å². The van der Waals surface area contributed by atoms with Crippen molar-refractivity contribution in [2.24, 2.45) is 11.5 Å². The molecule has 5 heteroatoms. The first-order chi connectivity index (χ1) is 4.95. The van der Waals surface area contributed by atoms with E-state index in [1.54, 1.807) is 0 Å². The van der Waals surface area contributed by atoms with Gasteiger partial charge in [-0.1, -0.05) is 0 Å². The van der Waals surface area contributed by atoms with Crippen molar-refractivity contribution in [2.45, 2.75) is 25.4 Å². The summed E-state index contributed by atoms with van der Waals surface area (Å²) < 4.78 is 0. The third-order valence-electron chi connectivity index (χ3n) is 1.25. The fourth-order valence-corrected chi connectivity index (χ4v) is 0.490. The average Bonchev–Trinajstić information content (AvgIpc) is 1.87. The third kappa shape index (κ3) is 3.69. The van der Waals surface area contributed by atoms with Gasteiger partial charge in [0.05, 0.1) is 6.04 Å². The first-order valence-electron chi connectivity index (χ1n) is 3.22. The molecule has 0 radical (unpaired) electrons. The summed E-state index contributed by atoms with van der Waals surface area (Å²) in [6, 6.07) is -1.77. The van der Waals surface area contributed by atoms with Gasteiger partial charge in [-0.25, -0.2) is 0 Å². The van der Waals surface area contributed by atoms with Gasteiger partial charge < -0.3 is 16.6 Å². The van der Waals surface area contributed by atoms with Crippen molar-refractivity contribution in [3.8, 4) is 0 Å². The number of carbonyl (C=O) groups excluding carboxylic acids is 1. The van der Waals surface area contributed by atoms with Crippen molar-refractivity contribution in [3.05, 3.63) is 0 Å². The molecule has 0 aromatic rings. The number of carboxylic acids is 1. The molecule has 11 heavy (non-hydrogen) atoms. The highest BCUT2D eigenvalue weighted by atomic mass is 16.4. The van der Waals surface area contributed by atoms with Crippen LogP contribution in [0.3, 0.4) is 0 Å². The van der Waals surface area contributed by atoms with Crippen molar-refractivity contribution in [1.29, 1.82) is 0 Å². The summed E-state index contributed by atoms with van der Waals surface area (Å²) in [5.74, 6) is -1.51. The van der Waals surface area contributed by atoms with Gasteiger partial charge in [0.2, 0.25) is 0 Å². The second kappa shape index (κ2) is 4.05. The van der Waals surface area contributed by atoms with Gasteiger partial charge in [-0.2, -0.15) is 0 Å². The van der Waals surface area contributed by atoms with Gasteiger partial charge >= 0.3 is 5.97 Å². The van der Waals surface area contributed by atoms with Gasteiger partial charge in [0.25, 0.3) is 0 Å². The Balaban J connectivity index is 3.85. The van der Waals surface area contributed by atoms with Gasteiger partial charge in [0.15, 0.2) is 5.78 Å². The molecule has 2 atom stereocenters. The number of nitrogens with two attached hydrogens (primary N) is 2. The SMILES string of the molecule is CC(N)C(=O)C[C@H](N)C(=O)O. The van der Waals surface area contributed by atoms with Crippen LogP contribution in [0.1, 0.15) is 13.3 Å². The lowest BCUT2D eigenvalue weighted by molar-refractivity contribution is -0.140. The molecule has 1 unspecified atom stereocenters. The Morgan fingerprint density at radius 3 is 2.18 bits per heavy atom. The Hall–Kier alpha value is -0.940. The van der Waals surface area contributed by atoms with E-state index < -0.39 is 18.1 Å². The Morgan fingerprint density at radius 1 is 1.45 bits per heavy atom. The Morgan fingerprint density at radius 2 is 1.91 bits per heavy atom. The molecule has 5 nitrogen and oxygen atoms in total. The number of carbonyl (C=O) groups is 2. The largest absolute Gasteiger partial charge is 0.480 e. The number of aliphatic carboxylic acids is 1. The van der Waals surface area contributed by atoms with E-state index in [0.717, 1.165) is 0 Å². The maximum atomic E-state index is 10.8. The quantitative estimate of drug-likeness (QED) is 0.474. The molecule has 0 saturated carbocycles. The first-order valence-corrected chi connectivity index (χ1v) is 3.22. The summed E-state index contributed by atoms with van der Waals surface area (Å²) in [6.07, 6.45) is -0.201. The molecule has 5 N–H and O–H groups in total. The highest BCUT2D eigenvalue weighted by Crippen LogP contribution is 1.92. The van der Waals surface area contributed by atoms with Crippen LogP contribution in [0, 0.1) is 0 Å². The van der Waals surface area contributed by atoms with Crippen molar-refractivity contribution in [1.82, 2.24) is 0 Å². The molecular weight excluding hydrogens is 148 g/mol. The zero-order valence-electron chi connectivity index (χ0n) is 6.28. The maximum absolute atomic E-state index is 10.8. The molecule has 0 aromatic heterocycles. The average molecular weight is 160 g/mol. The predicted octanol–water partition coefficient (Wildman–Crippen LogP) is -1.30. The molecule has 0 heterocycles. The topological polar surface area (TPSA) is 106 Å². The van der Waals surface area contributed by atoms with Crippen LogP contribution < -0.4 is 11.5 Å². The Labute approximate surface area is 64.4 Å². The maximum Gasteiger partial charge on any atom is 0.320 e. The fraction of sp³-hybridized carbons (Fsp3) is 0.667. The monoisotopic (exact) mass is 160 g/mol. The first kappa shape index (κ1) is 10.1. The molecule has 0 aliphatic rings. The van der Waals surface area contributed by atoms with Gasteiger partial charge in [-0.3, -0.25) is 9.59 Å². The van der Waals surface area contributed by atoms with Gasteiger partial charge in [0.1, 0.15) is 6.04 Å². The number of ketones is 1. The molecule has 0 aliphatic heterocycles. The van der Waals surface area contributed by atoms with Crippen molar-refractivity contribution < 1.29 is 14.7 Å². The van der Waals surface area contributed by atoms with Crippen LogP contribution in [-0.2, 0) is 9.59 Å². The van der Waals surface area contributed by atoms with E-state index >= 15 is 0 Å². The van der Waals surface area contributed by atoms with Crippen LogP contribution in [0.5, 0.6) is 0 Å². The predicted molar refractivity (Wildman–Crippen MR) is 38.9 cm³/mol. The van der Waals surface area contributed by atoms with Crippen LogP contribution in [0.15, 0.2) is 0 Å². The highest BCUT2D eigenvalue weighted by molar-refractivity contribution is 5.88. The van der Waals surface area contributed by atoms with Crippen molar-refractivity contribution in [3.63, 3.8) is 0 Å². The smallest absolute Gasteiger partial charge is 0.320 e. The number of Topliss-reactive ketones (excluding diaryl/α,β-unsaturated/α-hetero) is 1. The molecule has 0 aromatic carbocycles. The van der Waals surface area contributed by atoms with Crippen LogP contribution in [0.2, 0.25) is 0 Å². The third-order valence-corrected chi connectivity index (χ3v) is 1.25. The van der Waals surface area contributed by atoms with E-state index in [1.807, 2.05) is 0 Å². The van der Waals surface area contributed by atoms with E-state index in [4.69, 9.17) is 16.6 Å². The lowest BCUT2D eigenvalue weighted by atomic mass is 10.1. The number of hydrogen-bond acceptors (Lipinski definition) is 4. The fourth-order valence-electron chi connectivity index (χ4n) is 0.490. The van der Waals surface area contributed by atoms with E-state index in [9.17, 15) is 9.59 Å². The van der Waals surface area contributed by atoms with Gasteiger partial charge in [0, 0.05) is 6.42 Å². The summed E-state index contributed by atoms with van der Waals surface area (Å²) in [5, 5.41) is 8.29. The minimum absolute atomic E-state index is 0.201. The van der Waals surface area contributed by atoms with Gasteiger partial charge in [-0.05, 0) is 6.92 Å². The second-order valence-corrected chi connectivity index (χ2v) is 2.40. The highest BCUT2D eigenvalue weighted by Gasteiger charge is 2.17. The Kier molecular flexibility index (Phi) is 3.70. The van der Waals surface area contributed by atoms with E-state index in [1.165, 1.54) is 6.92 Å². The molecule has 0 spiro atoms. The lowest BCUT2D eigenvalue weighted by Gasteiger charge is -2.06. The molecule has 0 aliphatic carbocycles. The summed E-state index contributed by atoms with van der Waals surface area (Å²) >= 11 is 0. The van der Waals surface area contributed by atoms with E-state index in [0.29, 0.717) is 0 Å². The normalized spacial score (nSPS) is 15.5. The van der Waals surface area contributed by atoms with Crippen LogP contribution in [-0.4, -0.2) is 28.9 Å². The zero-order chi connectivity index (χ0) is 9.02. The van der Waals surface area contributed by atoms with E-state index in [-0.39, 0.29) is 12.2 Å². The molecule has 0 bridgehead atoms. The number of hydrogen-bond donors (Lipinski definition) is 3. The molecule has 0 fully saturated rings. The minimum Gasteiger partial charge on any atom is -0.480 e. The summed E-state index contributed by atoms with van der Waals surface area (Å²) in [4.78, 5) is 20.9. The van der Waals surface area contributed by atoms with Crippen molar-refractivity contribution in [2.75, 3.05) is 0 Å². The summed E-state index contributed by atoms with van der Waals surface area (Å²) in [7, 11) is 0. The van der Waals surface area contributed by atoms with Crippen molar-refractivity contribution >= 4 is 11.8 Å². The van der Waals surface area contributed by atoms with Gasteiger partial charge in [-0.15, -0.1) is 0 Å². The molecule has 0 amide bonds. The van der Waals surface area contributed by atoms with Crippen LogP contribution >= 0.6 is 0 Å². The van der Waals surface area contributed by atoms with Crippen LogP contribution in [0.25, 0.3) is 0 Å². The second-order valence-electron chi connectivity index (χ2n) is 2.40. The lowest BCUT2D eigenvalue weighted by Crippen LogP contribution is -2.37. The summed E-state index contributed by atoms with van der Waals surface area (Å²) in [6.45, 7) is 1.50. The zero-order valence-corrected chi connectivity index (χ0v) is 6.28. The minimum atomic E-state index is -1.18. The molecular formula is C6H12N2O3. The molecule has 64 valence electrons. The number of rotatable bonds is 4. The van der Waals surface area contributed by atoms with Crippen LogP contribution in [0.4, 0.5) is 0 Å². The molecule has 0 saturated heterocycles. The molecule has 0 rings (SSSR count). The number of carboxylic acid groups (broad SMARTS) is 1. The summed E-state index contributed by atoms with van der Waals surface area (Å²) in [5.41, 5.74) is 10.3. The standard InChI is InChI=1S/C6H12N2O3/c1-3(7)5(9)2-4(8)6(10)11/h3-4H,2,7-8H2,1H3,(H,10,11)/t3?,4-/m0/s1. The Bertz CT molecular complexity index is 167.